The van der Waals surface area contributed by atoms with Crippen molar-refractivity contribution in [3.05, 3.63) is 23.6 Å². The minimum atomic E-state index is -1.00. The molecule has 0 rings (SSSR count). The van der Waals surface area contributed by atoms with Gasteiger partial charge in [0, 0.05) is 0 Å². The smallest absolute Gasteiger partial charge is 0.116 e. The van der Waals surface area contributed by atoms with Crippen LogP contribution in [-0.2, 0) is 0 Å². The number of hydrogen-bond donors (Lipinski definition) is 0. The van der Waals surface area contributed by atoms with Gasteiger partial charge >= 0.3 is 0 Å². The Kier molecular flexibility index (Phi) is 6.47. The molecule has 0 saturated heterocycles. The maximum absolute atomic E-state index is 12.8. The van der Waals surface area contributed by atoms with Gasteiger partial charge < -0.3 is 0 Å². The molecule has 0 nitrogen and oxygen atoms in total. The summed E-state index contributed by atoms with van der Waals surface area (Å²) in [5, 5.41) is 0. The van der Waals surface area contributed by atoms with Crippen LogP contribution in [0.4, 0.5) is 8.78 Å². The van der Waals surface area contributed by atoms with E-state index in [1.54, 1.807) is 6.08 Å². The summed E-state index contributed by atoms with van der Waals surface area (Å²) < 4.78 is 25.3. The van der Waals surface area contributed by atoms with Crippen molar-refractivity contribution < 1.29 is 8.78 Å². The van der Waals surface area contributed by atoms with Crippen LogP contribution >= 0.6 is 0 Å². The molecular formula is C11H18F2. The maximum Gasteiger partial charge on any atom is 0.116 e. The molecule has 13 heavy (non-hydrogen) atoms. The Morgan fingerprint density at radius 3 is 2.46 bits per heavy atom. The van der Waals surface area contributed by atoms with Gasteiger partial charge in [-0.3, -0.25) is 0 Å². The highest BCUT2D eigenvalue weighted by Crippen LogP contribution is 2.15. The number of halogens is 2. The summed E-state index contributed by atoms with van der Waals surface area (Å²) in [6.07, 6.45) is 4.60. The molecule has 0 saturated carbocycles. The normalized spacial score (nSPS) is 16.1. The van der Waals surface area contributed by atoms with Crippen LogP contribution in [0.15, 0.2) is 23.6 Å². The van der Waals surface area contributed by atoms with Gasteiger partial charge in [0.15, 0.2) is 0 Å². The minimum Gasteiger partial charge on any atom is -0.243 e. The summed E-state index contributed by atoms with van der Waals surface area (Å²) in [6, 6.07) is 0. The Hall–Kier alpha value is -0.660. The van der Waals surface area contributed by atoms with Gasteiger partial charge in [0.1, 0.15) is 6.17 Å². The maximum atomic E-state index is 12.8. The monoisotopic (exact) mass is 188 g/mol. The molecule has 0 spiro atoms. The fraction of sp³-hybridized carbons (Fsp3) is 0.636. The van der Waals surface area contributed by atoms with Crippen LogP contribution in [-0.4, -0.2) is 6.17 Å². The quantitative estimate of drug-likeness (QED) is 0.563. The predicted molar refractivity (Wildman–Crippen MR) is 53.0 cm³/mol. The zero-order valence-corrected chi connectivity index (χ0v) is 8.61. The standard InChI is InChI=1S/C11H18F2/c1-4-5-6-11(10(3)13)8-7-9(2)12/h7-9H,4-6H2,1-3H3/b8-7-,11-10+. The van der Waals surface area contributed by atoms with Gasteiger partial charge in [0.2, 0.25) is 0 Å². The average molecular weight is 188 g/mol. The predicted octanol–water partition coefficient (Wildman–Crippen LogP) is 4.33. The number of unbranched alkanes of at least 4 members (excludes halogenated alkanes) is 1. The molecule has 0 aliphatic carbocycles. The van der Waals surface area contributed by atoms with E-state index in [1.165, 1.54) is 19.9 Å². The number of hydrogen-bond acceptors (Lipinski definition) is 0. The first kappa shape index (κ1) is 12.3. The Morgan fingerprint density at radius 2 is 2.08 bits per heavy atom. The van der Waals surface area contributed by atoms with Gasteiger partial charge in [-0.2, -0.15) is 0 Å². The second kappa shape index (κ2) is 6.81. The van der Waals surface area contributed by atoms with Gasteiger partial charge in [-0.25, -0.2) is 8.78 Å². The van der Waals surface area contributed by atoms with Crippen LogP contribution < -0.4 is 0 Å². The van der Waals surface area contributed by atoms with Crippen LogP contribution in [0.2, 0.25) is 0 Å². The van der Waals surface area contributed by atoms with E-state index in [0.29, 0.717) is 12.0 Å². The molecule has 0 radical (unpaired) electrons. The lowest BCUT2D eigenvalue weighted by Gasteiger charge is -2.01. The van der Waals surface area contributed by atoms with Crippen molar-refractivity contribution in [2.45, 2.75) is 46.2 Å². The van der Waals surface area contributed by atoms with E-state index in [2.05, 4.69) is 0 Å². The molecule has 0 fully saturated rings. The second-order valence-electron chi connectivity index (χ2n) is 3.20. The molecule has 0 aliphatic rings. The van der Waals surface area contributed by atoms with Crippen molar-refractivity contribution in [3.63, 3.8) is 0 Å². The highest BCUT2D eigenvalue weighted by molar-refractivity contribution is 5.21. The van der Waals surface area contributed by atoms with Gasteiger partial charge in [-0.1, -0.05) is 25.5 Å². The van der Waals surface area contributed by atoms with Crippen LogP contribution in [0.5, 0.6) is 0 Å². The summed E-state index contributed by atoms with van der Waals surface area (Å²) in [7, 11) is 0. The van der Waals surface area contributed by atoms with Crippen LogP contribution in [0.3, 0.4) is 0 Å². The number of alkyl halides is 1. The third-order valence-corrected chi connectivity index (χ3v) is 1.80. The van der Waals surface area contributed by atoms with Crippen molar-refractivity contribution in [3.8, 4) is 0 Å². The summed E-state index contributed by atoms with van der Waals surface area (Å²) in [4.78, 5) is 0. The zero-order chi connectivity index (χ0) is 10.3. The number of allylic oxidation sites excluding steroid dienone is 4. The van der Waals surface area contributed by atoms with Gasteiger partial charge in [-0.05, 0) is 32.3 Å². The van der Waals surface area contributed by atoms with Crippen molar-refractivity contribution >= 4 is 0 Å². The van der Waals surface area contributed by atoms with Gasteiger partial charge in [0.05, 0.1) is 5.83 Å². The topological polar surface area (TPSA) is 0 Å². The SMILES string of the molecule is CCCCC(/C=C\C(C)F)=C(/C)F. The first-order chi connectivity index (χ1) is 6.07. The third kappa shape index (κ3) is 6.50. The largest absolute Gasteiger partial charge is 0.243 e. The Morgan fingerprint density at radius 1 is 1.46 bits per heavy atom. The summed E-state index contributed by atoms with van der Waals surface area (Å²) in [5.74, 6) is -0.203. The lowest BCUT2D eigenvalue weighted by atomic mass is 10.1. The first-order valence-electron chi connectivity index (χ1n) is 4.75. The van der Waals surface area contributed by atoms with Crippen molar-refractivity contribution in [1.82, 2.24) is 0 Å². The molecule has 0 heterocycles. The van der Waals surface area contributed by atoms with Crippen LogP contribution in [0.1, 0.15) is 40.0 Å². The molecule has 0 aromatic carbocycles. The van der Waals surface area contributed by atoms with Gasteiger partial charge in [0.25, 0.3) is 0 Å². The van der Waals surface area contributed by atoms with Crippen molar-refractivity contribution in [2.24, 2.45) is 0 Å². The highest BCUT2D eigenvalue weighted by atomic mass is 19.1. The first-order valence-corrected chi connectivity index (χ1v) is 4.75. The lowest BCUT2D eigenvalue weighted by molar-refractivity contribution is 0.430. The summed E-state index contributed by atoms with van der Waals surface area (Å²) in [5.41, 5.74) is 0.617. The third-order valence-electron chi connectivity index (χ3n) is 1.80. The minimum absolute atomic E-state index is 0.203. The van der Waals surface area contributed by atoms with Crippen LogP contribution in [0.25, 0.3) is 0 Å². The zero-order valence-electron chi connectivity index (χ0n) is 8.61. The molecule has 0 aromatic rings. The van der Waals surface area contributed by atoms with E-state index < -0.39 is 6.17 Å². The molecule has 0 aliphatic heterocycles. The highest BCUT2D eigenvalue weighted by Gasteiger charge is 1.99. The van der Waals surface area contributed by atoms with E-state index in [1.807, 2.05) is 6.92 Å². The van der Waals surface area contributed by atoms with E-state index >= 15 is 0 Å². The van der Waals surface area contributed by atoms with E-state index in [4.69, 9.17) is 0 Å². The van der Waals surface area contributed by atoms with Crippen LogP contribution in [0, 0.1) is 0 Å². The Labute approximate surface area is 79.3 Å². The fourth-order valence-corrected chi connectivity index (χ4v) is 0.986. The molecule has 0 N–H and O–H groups in total. The molecule has 0 bridgehead atoms. The molecule has 1 unspecified atom stereocenters. The van der Waals surface area contributed by atoms with E-state index in [0.717, 1.165) is 12.8 Å². The second-order valence-corrected chi connectivity index (χ2v) is 3.20. The van der Waals surface area contributed by atoms with Gasteiger partial charge in [-0.15, -0.1) is 0 Å². The van der Waals surface area contributed by atoms with E-state index in [9.17, 15) is 8.78 Å². The molecule has 0 amide bonds. The molecule has 0 aromatic heterocycles. The molecule has 76 valence electrons. The summed E-state index contributed by atoms with van der Waals surface area (Å²) >= 11 is 0. The molecular weight excluding hydrogens is 170 g/mol. The Balaban J connectivity index is 4.21. The Bertz CT molecular complexity index is 186. The fourth-order valence-electron chi connectivity index (χ4n) is 0.986. The summed E-state index contributed by atoms with van der Waals surface area (Å²) in [6.45, 7) is 4.90. The van der Waals surface area contributed by atoms with E-state index in [-0.39, 0.29) is 5.83 Å². The average Bonchev–Trinajstić information content (AvgIpc) is 2.03. The van der Waals surface area contributed by atoms with Crippen molar-refractivity contribution in [1.29, 1.82) is 0 Å². The molecule has 2 heteroatoms. The number of rotatable bonds is 5. The van der Waals surface area contributed by atoms with Crippen molar-refractivity contribution in [2.75, 3.05) is 0 Å². The molecule has 1 atom stereocenters. The lowest BCUT2D eigenvalue weighted by Crippen LogP contribution is -1.87.